The van der Waals surface area contributed by atoms with Crippen LogP contribution in [0.25, 0.3) is 0 Å². The molecule has 1 fully saturated rings. The lowest BCUT2D eigenvalue weighted by molar-refractivity contribution is -0.143. The molecule has 0 spiro atoms. The summed E-state index contributed by atoms with van der Waals surface area (Å²) < 4.78 is 25.8. The number of aliphatic hydroxyl groups is 1. The van der Waals surface area contributed by atoms with E-state index in [0.29, 0.717) is 0 Å². The Morgan fingerprint density at radius 1 is 1.71 bits per heavy atom. The van der Waals surface area contributed by atoms with Crippen LogP contribution in [0.15, 0.2) is 0 Å². The molecule has 0 aromatic carbocycles. The van der Waals surface area contributed by atoms with Gasteiger partial charge < -0.3 is 10.2 Å². The summed E-state index contributed by atoms with van der Waals surface area (Å²) in [6, 6.07) is -1.74. The lowest BCUT2D eigenvalue weighted by Crippen LogP contribution is -2.44. The Bertz CT molecular complexity index is 235. The van der Waals surface area contributed by atoms with Gasteiger partial charge in [0.15, 0.2) is 0 Å². The molecule has 4 nitrogen and oxygen atoms in total. The van der Waals surface area contributed by atoms with Crippen LogP contribution in [-0.2, 0) is 4.79 Å². The molecule has 6 heteroatoms. The molecule has 0 bridgehead atoms. The van der Waals surface area contributed by atoms with Crippen molar-refractivity contribution < 1.29 is 23.8 Å². The SMILES string of the molecule is C[C@H](C(=O)O)N1CC(F)(F)C[C@@H]1CO. The number of nitrogens with zero attached hydrogens (tertiary/aromatic N) is 1. The number of carboxylic acids is 1. The standard InChI is InChI=1S/C8H13F2NO3/c1-5(7(13)14)11-4-8(9,10)2-6(11)3-12/h5-6,12H,2-4H2,1H3,(H,13,14)/t5-,6-/m1/s1. The number of hydrogen-bond donors (Lipinski definition) is 2. The Hall–Kier alpha value is -0.750. The molecule has 1 heterocycles. The van der Waals surface area contributed by atoms with Crippen LogP contribution in [0.5, 0.6) is 0 Å². The average molecular weight is 209 g/mol. The summed E-state index contributed by atoms with van der Waals surface area (Å²) in [6.07, 6.45) is -0.471. The van der Waals surface area contributed by atoms with Crippen LogP contribution >= 0.6 is 0 Å². The van der Waals surface area contributed by atoms with Gasteiger partial charge in [0.1, 0.15) is 6.04 Å². The number of hydrogen-bond acceptors (Lipinski definition) is 3. The van der Waals surface area contributed by atoms with Gasteiger partial charge in [0, 0.05) is 12.5 Å². The molecule has 0 aromatic heterocycles. The van der Waals surface area contributed by atoms with E-state index in [1.54, 1.807) is 0 Å². The van der Waals surface area contributed by atoms with Crippen LogP contribution in [0.2, 0.25) is 0 Å². The minimum Gasteiger partial charge on any atom is -0.480 e. The third-order valence-corrected chi connectivity index (χ3v) is 2.48. The van der Waals surface area contributed by atoms with E-state index < -0.39 is 43.5 Å². The quantitative estimate of drug-likeness (QED) is 0.695. The Balaban J connectivity index is 2.73. The molecule has 2 atom stereocenters. The molecule has 2 N–H and O–H groups in total. The maximum atomic E-state index is 12.9. The molecule has 82 valence electrons. The number of aliphatic carboxylic acids is 1. The van der Waals surface area contributed by atoms with Gasteiger partial charge in [-0.05, 0) is 6.92 Å². The van der Waals surface area contributed by atoms with Crippen molar-refractivity contribution in [1.82, 2.24) is 4.90 Å². The van der Waals surface area contributed by atoms with Gasteiger partial charge in [-0.3, -0.25) is 9.69 Å². The molecule has 1 aliphatic rings. The molecular weight excluding hydrogens is 196 g/mol. The molecule has 1 saturated heterocycles. The minimum absolute atomic E-state index is 0.437. The summed E-state index contributed by atoms with van der Waals surface area (Å²) in [5.41, 5.74) is 0. The Morgan fingerprint density at radius 3 is 2.71 bits per heavy atom. The Labute approximate surface area is 80.1 Å². The first-order valence-corrected chi connectivity index (χ1v) is 4.34. The van der Waals surface area contributed by atoms with E-state index in [2.05, 4.69) is 0 Å². The number of halogens is 2. The van der Waals surface area contributed by atoms with E-state index in [0.717, 1.165) is 4.90 Å². The fraction of sp³-hybridized carbons (Fsp3) is 0.875. The molecule has 14 heavy (non-hydrogen) atoms. The van der Waals surface area contributed by atoms with Crippen molar-refractivity contribution in [3.63, 3.8) is 0 Å². The highest BCUT2D eigenvalue weighted by molar-refractivity contribution is 5.73. The van der Waals surface area contributed by atoms with Crippen molar-refractivity contribution in [1.29, 1.82) is 0 Å². The van der Waals surface area contributed by atoms with Crippen LogP contribution in [-0.4, -0.2) is 52.2 Å². The van der Waals surface area contributed by atoms with Crippen molar-refractivity contribution in [3.8, 4) is 0 Å². The van der Waals surface area contributed by atoms with E-state index >= 15 is 0 Å². The van der Waals surface area contributed by atoms with E-state index in [-0.39, 0.29) is 0 Å². The van der Waals surface area contributed by atoms with Crippen molar-refractivity contribution in [2.75, 3.05) is 13.2 Å². The second kappa shape index (κ2) is 3.78. The smallest absolute Gasteiger partial charge is 0.320 e. The fourth-order valence-electron chi connectivity index (χ4n) is 1.69. The van der Waals surface area contributed by atoms with Crippen LogP contribution in [0.4, 0.5) is 8.78 Å². The van der Waals surface area contributed by atoms with Gasteiger partial charge in [-0.2, -0.15) is 0 Å². The second-order valence-electron chi connectivity index (χ2n) is 3.58. The number of alkyl halides is 2. The predicted octanol–water partition coefficient (Wildman–Crippen LogP) is 0.161. The van der Waals surface area contributed by atoms with Crippen molar-refractivity contribution in [2.24, 2.45) is 0 Å². The fourth-order valence-corrected chi connectivity index (χ4v) is 1.69. The largest absolute Gasteiger partial charge is 0.480 e. The summed E-state index contributed by atoms with van der Waals surface area (Å²) in [5, 5.41) is 17.5. The van der Waals surface area contributed by atoms with Crippen LogP contribution < -0.4 is 0 Å². The lowest BCUT2D eigenvalue weighted by Gasteiger charge is -2.25. The number of likely N-dealkylation sites (tertiary alicyclic amines) is 1. The maximum absolute atomic E-state index is 12.9. The zero-order valence-corrected chi connectivity index (χ0v) is 7.78. The van der Waals surface area contributed by atoms with E-state index in [9.17, 15) is 13.6 Å². The number of aliphatic hydroxyl groups excluding tert-OH is 1. The molecule has 1 rings (SSSR count). The van der Waals surface area contributed by atoms with Crippen molar-refractivity contribution in [3.05, 3.63) is 0 Å². The van der Waals surface area contributed by atoms with Gasteiger partial charge in [-0.15, -0.1) is 0 Å². The summed E-state index contributed by atoms with van der Waals surface area (Å²) in [7, 11) is 0. The van der Waals surface area contributed by atoms with Crippen molar-refractivity contribution in [2.45, 2.75) is 31.4 Å². The number of rotatable bonds is 3. The molecule has 0 amide bonds. The Morgan fingerprint density at radius 2 is 2.29 bits per heavy atom. The highest BCUT2D eigenvalue weighted by Gasteiger charge is 2.47. The first-order valence-electron chi connectivity index (χ1n) is 4.34. The van der Waals surface area contributed by atoms with Gasteiger partial charge in [0.25, 0.3) is 5.92 Å². The zero-order chi connectivity index (χ0) is 10.9. The number of carboxylic acid groups (broad SMARTS) is 1. The third-order valence-electron chi connectivity index (χ3n) is 2.48. The van der Waals surface area contributed by atoms with E-state index in [4.69, 9.17) is 10.2 Å². The van der Waals surface area contributed by atoms with Crippen LogP contribution in [0, 0.1) is 0 Å². The van der Waals surface area contributed by atoms with Gasteiger partial charge >= 0.3 is 5.97 Å². The molecule has 0 radical (unpaired) electrons. The van der Waals surface area contributed by atoms with Crippen LogP contribution in [0.3, 0.4) is 0 Å². The first kappa shape index (κ1) is 11.3. The van der Waals surface area contributed by atoms with Crippen LogP contribution in [0.1, 0.15) is 13.3 Å². The molecule has 0 saturated carbocycles. The Kier molecular flexibility index (Phi) is 3.06. The van der Waals surface area contributed by atoms with Gasteiger partial charge in [-0.25, -0.2) is 8.78 Å². The summed E-state index contributed by atoms with van der Waals surface area (Å²) >= 11 is 0. The zero-order valence-electron chi connectivity index (χ0n) is 7.78. The summed E-state index contributed by atoms with van der Waals surface area (Å²) in [6.45, 7) is 0.311. The molecule has 1 aliphatic heterocycles. The average Bonchev–Trinajstić information content (AvgIpc) is 2.39. The molecule has 0 aliphatic carbocycles. The predicted molar refractivity (Wildman–Crippen MR) is 44.2 cm³/mol. The monoisotopic (exact) mass is 209 g/mol. The molecule has 0 aromatic rings. The van der Waals surface area contributed by atoms with Crippen molar-refractivity contribution >= 4 is 5.97 Å². The maximum Gasteiger partial charge on any atom is 0.320 e. The summed E-state index contributed by atoms with van der Waals surface area (Å²) in [5.74, 6) is -4.04. The van der Waals surface area contributed by atoms with Gasteiger partial charge in [0.2, 0.25) is 0 Å². The molecule has 0 unspecified atom stereocenters. The van der Waals surface area contributed by atoms with E-state index in [1.165, 1.54) is 6.92 Å². The number of carbonyl (C=O) groups is 1. The minimum atomic E-state index is -2.89. The first-order chi connectivity index (χ1) is 6.37. The highest BCUT2D eigenvalue weighted by atomic mass is 19.3. The third kappa shape index (κ3) is 2.19. The lowest BCUT2D eigenvalue weighted by atomic mass is 10.2. The normalized spacial score (nSPS) is 29.0. The van der Waals surface area contributed by atoms with E-state index in [1.807, 2.05) is 0 Å². The second-order valence-corrected chi connectivity index (χ2v) is 3.58. The molecular formula is C8H13F2NO3. The topological polar surface area (TPSA) is 60.8 Å². The summed E-state index contributed by atoms with van der Waals surface area (Å²) in [4.78, 5) is 11.7. The van der Waals surface area contributed by atoms with Gasteiger partial charge in [-0.1, -0.05) is 0 Å². The van der Waals surface area contributed by atoms with Gasteiger partial charge in [0.05, 0.1) is 13.2 Å². The highest BCUT2D eigenvalue weighted by Crippen LogP contribution is 2.33.